The zero-order valence-corrected chi connectivity index (χ0v) is 10.9. The predicted octanol–water partition coefficient (Wildman–Crippen LogP) is 1.32. The topological polar surface area (TPSA) is 63.2 Å². The number of carbonyl (C=O) groups excluding carboxylic acids is 1. The highest BCUT2D eigenvalue weighted by molar-refractivity contribution is 5.94. The molecule has 5 nitrogen and oxygen atoms in total. The molecular formula is C14H19N3O2. The molecule has 0 saturated carbocycles. The van der Waals surface area contributed by atoms with Gasteiger partial charge < -0.3 is 15.4 Å². The molecule has 0 unspecified atom stereocenters. The number of anilines is 1. The average molecular weight is 261 g/mol. The summed E-state index contributed by atoms with van der Waals surface area (Å²) in [5.41, 5.74) is 0.657. The summed E-state index contributed by atoms with van der Waals surface area (Å²) in [6.45, 7) is 1.97. The highest BCUT2D eigenvalue weighted by Crippen LogP contribution is 2.37. The van der Waals surface area contributed by atoms with Gasteiger partial charge in [0, 0.05) is 6.20 Å². The minimum absolute atomic E-state index is 0.0524. The van der Waals surface area contributed by atoms with Crippen molar-refractivity contribution in [3.63, 3.8) is 0 Å². The summed E-state index contributed by atoms with van der Waals surface area (Å²) in [6.07, 6.45) is 6.82. The monoisotopic (exact) mass is 261 g/mol. The molecule has 19 heavy (non-hydrogen) atoms. The maximum atomic E-state index is 12.2. The Labute approximate surface area is 112 Å². The lowest BCUT2D eigenvalue weighted by Gasteiger charge is -2.33. The maximum Gasteiger partial charge on any atom is 0.253 e. The molecule has 2 N–H and O–H groups in total. The fraction of sp³-hybridized carbons (Fsp3) is 0.571. The molecule has 0 bridgehead atoms. The molecule has 1 atom stereocenters. The molecule has 2 aliphatic rings. The Kier molecular flexibility index (Phi) is 3.48. The molecule has 1 aromatic rings. The van der Waals surface area contributed by atoms with Gasteiger partial charge in [-0.05, 0) is 50.9 Å². The van der Waals surface area contributed by atoms with Crippen LogP contribution in [0.5, 0.6) is 0 Å². The highest BCUT2D eigenvalue weighted by atomic mass is 16.5. The second-order valence-corrected chi connectivity index (χ2v) is 5.31. The Balaban J connectivity index is 1.60. The first-order valence-corrected chi connectivity index (χ1v) is 6.87. The van der Waals surface area contributed by atoms with Crippen molar-refractivity contribution in [3.8, 4) is 0 Å². The van der Waals surface area contributed by atoms with Gasteiger partial charge in [0.2, 0.25) is 0 Å². The van der Waals surface area contributed by atoms with E-state index in [-0.39, 0.29) is 17.6 Å². The fourth-order valence-electron chi connectivity index (χ4n) is 2.91. The van der Waals surface area contributed by atoms with Gasteiger partial charge in [-0.25, -0.2) is 0 Å². The Morgan fingerprint density at radius 1 is 1.42 bits per heavy atom. The van der Waals surface area contributed by atoms with Crippen LogP contribution in [0.15, 0.2) is 24.5 Å². The second-order valence-electron chi connectivity index (χ2n) is 5.31. The predicted molar refractivity (Wildman–Crippen MR) is 71.8 cm³/mol. The molecule has 2 aliphatic heterocycles. The van der Waals surface area contributed by atoms with Crippen LogP contribution in [0.2, 0.25) is 0 Å². The Morgan fingerprint density at radius 3 is 3.00 bits per heavy atom. The van der Waals surface area contributed by atoms with Gasteiger partial charge in [-0.15, -0.1) is 0 Å². The van der Waals surface area contributed by atoms with Gasteiger partial charge in [-0.3, -0.25) is 9.78 Å². The minimum atomic E-state index is -0.321. The van der Waals surface area contributed by atoms with E-state index in [1.165, 1.54) is 0 Å². The number of hydrogen-bond acceptors (Lipinski definition) is 4. The summed E-state index contributed by atoms with van der Waals surface area (Å²) in [5, 5.41) is 6.19. The number of amides is 1. The maximum absolute atomic E-state index is 12.2. The molecule has 0 radical (unpaired) electrons. The van der Waals surface area contributed by atoms with Crippen molar-refractivity contribution >= 4 is 11.6 Å². The molecule has 5 heteroatoms. The molecule has 1 amide bonds. The van der Waals surface area contributed by atoms with E-state index in [2.05, 4.69) is 15.6 Å². The standard InChI is InChI=1S/C14H19N3O2/c18-13(17-11-2-1-7-16-10-11)12-3-4-14(19-12)5-8-15-9-6-14/h1-2,7,10,12,15H,3-6,8-9H2,(H,17,18)/t12-/m1/s1. The lowest BCUT2D eigenvalue weighted by Crippen LogP contribution is -2.43. The van der Waals surface area contributed by atoms with Crippen LogP contribution >= 0.6 is 0 Å². The van der Waals surface area contributed by atoms with Crippen LogP contribution < -0.4 is 10.6 Å². The van der Waals surface area contributed by atoms with Gasteiger partial charge in [-0.2, -0.15) is 0 Å². The molecular weight excluding hydrogens is 242 g/mol. The molecule has 102 valence electrons. The van der Waals surface area contributed by atoms with Crippen LogP contribution in [0.1, 0.15) is 25.7 Å². The van der Waals surface area contributed by atoms with Crippen molar-refractivity contribution in [1.82, 2.24) is 10.3 Å². The minimum Gasteiger partial charge on any atom is -0.362 e. The van der Waals surface area contributed by atoms with E-state index in [1.54, 1.807) is 18.5 Å². The van der Waals surface area contributed by atoms with Crippen LogP contribution in [0.25, 0.3) is 0 Å². The average Bonchev–Trinajstić information content (AvgIpc) is 2.85. The van der Waals surface area contributed by atoms with Crippen molar-refractivity contribution in [2.45, 2.75) is 37.4 Å². The van der Waals surface area contributed by atoms with Crippen molar-refractivity contribution < 1.29 is 9.53 Å². The molecule has 0 aromatic carbocycles. The van der Waals surface area contributed by atoms with Gasteiger partial charge >= 0.3 is 0 Å². The molecule has 1 aromatic heterocycles. The molecule has 2 fully saturated rings. The van der Waals surface area contributed by atoms with Crippen molar-refractivity contribution in [2.24, 2.45) is 0 Å². The zero-order chi connectivity index (χ0) is 13.1. The normalized spacial score (nSPS) is 25.4. The van der Waals surface area contributed by atoms with Crippen molar-refractivity contribution in [1.29, 1.82) is 0 Å². The number of nitrogens with zero attached hydrogens (tertiary/aromatic N) is 1. The van der Waals surface area contributed by atoms with Crippen LogP contribution in [-0.4, -0.2) is 35.7 Å². The summed E-state index contributed by atoms with van der Waals surface area (Å²) in [7, 11) is 0. The highest BCUT2D eigenvalue weighted by Gasteiger charge is 2.43. The first-order valence-electron chi connectivity index (χ1n) is 6.87. The molecule has 2 saturated heterocycles. The summed E-state index contributed by atoms with van der Waals surface area (Å²) >= 11 is 0. The van der Waals surface area contributed by atoms with E-state index < -0.39 is 0 Å². The van der Waals surface area contributed by atoms with Gasteiger partial charge in [0.25, 0.3) is 5.91 Å². The number of ether oxygens (including phenoxy) is 1. The van der Waals surface area contributed by atoms with Crippen LogP contribution in [0, 0.1) is 0 Å². The number of carbonyl (C=O) groups is 1. The molecule has 0 aliphatic carbocycles. The molecule has 3 rings (SSSR count). The van der Waals surface area contributed by atoms with Crippen LogP contribution in [0.3, 0.4) is 0 Å². The fourth-order valence-corrected chi connectivity index (χ4v) is 2.91. The Hall–Kier alpha value is -1.46. The smallest absolute Gasteiger partial charge is 0.253 e. The molecule has 1 spiro atoms. The number of aromatic nitrogens is 1. The third kappa shape index (κ3) is 2.77. The number of hydrogen-bond donors (Lipinski definition) is 2. The SMILES string of the molecule is O=C(Nc1cccnc1)[C@H]1CCC2(CCNCC2)O1. The quantitative estimate of drug-likeness (QED) is 0.843. The number of piperidine rings is 1. The van der Waals surface area contributed by atoms with Crippen LogP contribution in [0.4, 0.5) is 5.69 Å². The first kappa shape index (κ1) is 12.6. The van der Waals surface area contributed by atoms with Gasteiger partial charge in [0.1, 0.15) is 6.10 Å². The van der Waals surface area contributed by atoms with E-state index >= 15 is 0 Å². The Morgan fingerprint density at radius 2 is 2.26 bits per heavy atom. The van der Waals surface area contributed by atoms with E-state index in [4.69, 9.17) is 4.74 Å². The van der Waals surface area contributed by atoms with E-state index in [0.29, 0.717) is 0 Å². The summed E-state index contributed by atoms with van der Waals surface area (Å²) < 4.78 is 6.05. The third-order valence-electron chi connectivity index (χ3n) is 3.99. The van der Waals surface area contributed by atoms with E-state index in [0.717, 1.165) is 44.5 Å². The van der Waals surface area contributed by atoms with Crippen molar-refractivity contribution in [2.75, 3.05) is 18.4 Å². The molecule has 3 heterocycles. The van der Waals surface area contributed by atoms with Crippen LogP contribution in [-0.2, 0) is 9.53 Å². The van der Waals surface area contributed by atoms with Gasteiger partial charge in [0.05, 0.1) is 17.5 Å². The lowest BCUT2D eigenvalue weighted by atomic mass is 9.89. The zero-order valence-electron chi connectivity index (χ0n) is 10.9. The van der Waals surface area contributed by atoms with E-state index in [9.17, 15) is 4.79 Å². The number of rotatable bonds is 2. The summed E-state index contributed by atoms with van der Waals surface area (Å²) in [4.78, 5) is 16.1. The summed E-state index contributed by atoms with van der Waals surface area (Å²) in [6, 6.07) is 3.64. The van der Waals surface area contributed by atoms with E-state index in [1.807, 2.05) is 6.07 Å². The second kappa shape index (κ2) is 5.27. The Bertz CT molecular complexity index is 443. The number of pyridine rings is 1. The van der Waals surface area contributed by atoms with Crippen molar-refractivity contribution in [3.05, 3.63) is 24.5 Å². The third-order valence-corrected chi connectivity index (χ3v) is 3.99. The lowest BCUT2D eigenvalue weighted by molar-refractivity contribution is -0.133. The van der Waals surface area contributed by atoms with Gasteiger partial charge in [0.15, 0.2) is 0 Å². The number of nitrogens with one attached hydrogen (secondary N) is 2. The largest absolute Gasteiger partial charge is 0.362 e. The first-order chi connectivity index (χ1) is 9.27. The summed E-state index contributed by atoms with van der Waals surface area (Å²) in [5.74, 6) is -0.0524. The van der Waals surface area contributed by atoms with Gasteiger partial charge in [-0.1, -0.05) is 0 Å².